The van der Waals surface area contributed by atoms with Crippen molar-refractivity contribution in [3.63, 3.8) is 0 Å². The van der Waals surface area contributed by atoms with Crippen LogP contribution < -0.4 is 5.32 Å². The van der Waals surface area contributed by atoms with Crippen molar-refractivity contribution in [2.24, 2.45) is 0 Å². The van der Waals surface area contributed by atoms with Gasteiger partial charge in [-0.15, -0.1) is 0 Å². The van der Waals surface area contributed by atoms with Crippen LogP contribution >= 0.6 is 11.8 Å². The van der Waals surface area contributed by atoms with Gasteiger partial charge in [-0.05, 0) is 43.6 Å². The third kappa shape index (κ3) is 4.69. The predicted molar refractivity (Wildman–Crippen MR) is 96.6 cm³/mol. The average Bonchev–Trinajstić information content (AvgIpc) is 3.10. The Hall–Kier alpha value is -1.59. The molecular weight excluding hydrogens is 306 g/mol. The number of hydrogen-bond donors (Lipinski definition) is 1. The molecule has 1 aromatic heterocycles. The lowest BCUT2D eigenvalue weighted by molar-refractivity contribution is -0.118. The van der Waals surface area contributed by atoms with Crippen LogP contribution in [-0.4, -0.2) is 46.9 Å². The van der Waals surface area contributed by atoms with Gasteiger partial charge in [-0.3, -0.25) is 9.78 Å². The molecule has 0 spiro atoms. The van der Waals surface area contributed by atoms with Gasteiger partial charge in [0.1, 0.15) is 0 Å². The maximum atomic E-state index is 12.0. The first-order valence-electron chi connectivity index (χ1n) is 8.22. The molecule has 0 radical (unpaired) electrons. The average molecular weight is 329 g/mol. The highest BCUT2D eigenvalue weighted by Gasteiger charge is 2.11. The van der Waals surface area contributed by atoms with E-state index < -0.39 is 0 Å². The number of fused-ring (bicyclic) bond motifs is 1. The zero-order valence-electron chi connectivity index (χ0n) is 13.3. The van der Waals surface area contributed by atoms with Crippen LogP contribution in [0.2, 0.25) is 0 Å². The van der Waals surface area contributed by atoms with Crippen molar-refractivity contribution < 1.29 is 4.79 Å². The second-order valence-electron chi connectivity index (χ2n) is 5.87. The van der Waals surface area contributed by atoms with E-state index in [4.69, 9.17) is 0 Å². The highest BCUT2D eigenvalue weighted by molar-refractivity contribution is 7.99. The minimum atomic E-state index is 0.109. The highest BCUT2D eigenvalue weighted by Crippen LogP contribution is 2.16. The number of likely N-dealkylation sites (tertiary alicyclic amines) is 1. The standard InChI is InChI=1S/C18H23N3OS/c22-18(14-23-12-11-21-9-3-4-10-21)20-13-15-7-8-19-17-6-2-1-5-16(15)17/h1-2,5-8H,3-4,9-14H2,(H,20,22). The van der Waals surface area contributed by atoms with Gasteiger partial charge < -0.3 is 10.2 Å². The summed E-state index contributed by atoms with van der Waals surface area (Å²) in [6.45, 7) is 4.12. The summed E-state index contributed by atoms with van der Waals surface area (Å²) in [7, 11) is 0. The van der Waals surface area contributed by atoms with Crippen LogP contribution in [-0.2, 0) is 11.3 Å². The van der Waals surface area contributed by atoms with E-state index >= 15 is 0 Å². The Kier molecular flexibility index (Phi) is 5.88. The summed E-state index contributed by atoms with van der Waals surface area (Å²) >= 11 is 1.72. The van der Waals surface area contributed by atoms with Crippen molar-refractivity contribution in [3.8, 4) is 0 Å². The molecule has 0 atom stereocenters. The molecule has 1 saturated heterocycles. The maximum Gasteiger partial charge on any atom is 0.230 e. The zero-order chi connectivity index (χ0) is 15.9. The van der Waals surface area contributed by atoms with Gasteiger partial charge in [-0.1, -0.05) is 18.2 Å². The van der Waals surface area contributed by atoms with Crippen molar-refractivity contribution in [2.45, 2.75) is 19.4 Å². The lowest BCUT2D eigenvalue weighted by Crippen LogP contribution is -2.26. The number of carbonyl (C=O) groups excluding carboxylic acids is 1. The van der Waals surface area contributed by atoms with Crippen LogP contribution in [0.1, 0.15) is 18.4 Å². The summed E-state index contributed by atoms with van der Waals surface area (Å²) in [5.41, 5.74) is 2.09. The number of aromatic nitrogens is 1. The molecule has 1 aromatic carbocycles. The highest BCUT2D eigenvalue weighted by atomic mass is 32.2. The van der Waals surface area contributed by atoms with E-state index in [9.17, 15) is 4.79 Å². The molecule has 0 unspecified atom stereocenters. The molecule has 3 rings (SSSR count). The molecule has 2 aromatic rings. The molecule has 23 heavy (non-hydrogen) atoms. The van der Waals surface area contributed by atoms with Crippen LogP contribution in [0.3, 0.4) is 0 Å². The molecule has 0 bridgehead atoms. The molecule has 1 aliphatic heterocycles. The number of rotatable bonds is 7. The normalized spacial score (nSPS) is 15.1. The van der Waals surface area contributed by atoms with E-state index in [1.54, 1.807) is 18.0 Å². The van der Waals surface area contributed by atoms with E-state index in [2.05, 4.69) is 21.3 Å². The first-order valence-corrected chi connectivity index (χ1v) is 9.38. The van der Waals surface area contributed by atoms with Crippen LogP contribution in [0.15, 0.2) is 36.5 Å². The number of thioether (sulfide) groups is 1. The van der Waals surface area contributed by atoms with E-state index in [0.29, 0.717) is 12.3 Å². The third-order valence-corrected chi connectivity index (χ3v) is 5.14. The number of amides is 1. The van der Waals surface area contributed by atoms with E-state index in [1.165, 1.54) is 25.9 Å². The van der Waals surface area contributed by atoms with Gasteiger partial charge in [0.05, 0.1) is 11.3 Å². The van der Waals surface area contributed by atoms with Gasteiger partial charge in [0, 0.05) is 30.4 Å². The molecule has 0 aliphatic carbocycles. The Morgan fingerprint density at radius 2 is 2.04 bits per heavy atom. The molecule has 4 nitrogen and oxygen atoms in total. The zero-order valence-corrected chi connectivity index (χ0v) is 14.1. The second-order valence-corrected chi connectivity index (χ2v) is 6.97. The fourth-order valence-electron chi connectivity index (χ4n) is 2.92. The lowest BCUT2D eigenvalue weighted by Gasteiger charge is -2.13. The van der Waals surface area contributed by atoms with Crippen molar-refractivity contribution in [3.05, 3.63) is 42.1 Å². The van der Waals surface area contributed by atoms with Crippen LogP contribution in [0.4, 0.5) is 0 Å². The molecule has 0 saturated carbocycles. The SMILES string of the molecule is O=C(CSCCN1CCCC1)NCc1ccnc2ccccc12. The van der Waals surface area contributed by atoms with Gasteiger partial charge >= 0.3 is 0 Å². The van der Waals surface area contributed by atoms with E-state index in [1.807, 2.05) is 24.3 Å². The van der Waals surface area contributed by atoms with Crippen molar-refractivity contribution in [1.29, 1.82) is 0 Å². The van der Waals surface area contributed by atoms with E-state index in [-0.39, 0.29) is 5.91 Å². The Morgan fingerprint density at radius 1 is 1.22 bits per heavy atom. The quantitative estimate of drug-likeness (QED) is 0.793. The number of carbonyl (C=O) groups is 1. The lowest BCUT2D eigenvalue weighted by atomic mass is 10.1. The monoisotopic (exact) mass is 329 g/mol. The van der Waals surface area contributed by atoms with Crippen LogP contribution in [0, 0.1) is 0 Å². The second kappa shape index (κ2) is 8.31. The summed E-state index contributed by atoms with van der Waals surface area (Å²) in [4.78, 5) is 18.8. The molecular formula is C18H23N3OS. The Labute approximate surface area is 141 Å². The van der Waals surface area contributed by atoms with Gasteiger partial charge in [0.15, 0.2) is 0 Å². The molecule has 1 N–H and O–H groups in total. The predicted octanol–water partition coefficient (Wildman–Crippen LogP) is 2.68. The molecule has 1 fully saturated rings. The minimum Gasteiger partial charge on any atom is -0.351 e. The maximum absolute atomic E-state index is 12.0. The number of pyridine rings is 1. The Morgan fingerprint density at radius 3 is 2.91 bits per heavy atom. The fourth-order valence-corrected chi connectivity index (χ4v) is 3.74. The summed E-state index contributed by atoms with van der Waals surface area (Å²) in [5, 5.41) is 4.13. The summed E-state index contributed by atoms with van der Waals surface area (Å²) in [5.74, 6) is 1.68. The molecule has 122 valence electrons. The fraction of sp³-hybridized carbons (Fsp3) is 0.444. The Bertz CT molecular complexity index is 650. The summed E-state index contributed by atoms with van der Waals surface area (Å²) in [6, 6.07) is 10.0. The van der Waals surface area contributed by atoms with Gasteiger partial charge in [0.2, 0.25) is 5.91 Å². The molecule has 1 amide bonds. The summed E-state index contributed by atoms with van der Waals surface area (Å²) < 4.78 is 0. The number of nitrogens with zero attached hydrogens (tertiary/aromatic N) is 2. The minimum absolute atomic E-state index is 0.109. The van der Waals surface area contributed by atoms with Gasteiger partial charge in [0.25, 0.3) is 0 Å². The summed E-state index contributed by atoms with van der Waals surface area (Å²) in [6.07, 6.45) is 4.45. The van der Waals surface area contributed by atoms with Crippen LogP contribution in [0.25, 0.3) is 10.9 Å². The largest absolute Gasteiger partial charge is 0.351 e. The van der Waals surface area contributed by atoms with Crippen molar-refractivity contribution >= 4 is 28.6 Å². The molecule has 1 aliphatic rings. The van der Waals surface area contributed by atoms with Gasteiger partial charge in [-0.2, -0.15) is 11.8 Å². The number of nitrogens with one attached hydrogen (secondary N) is 1. The Balaban J connectivity index is 1.41. The first kappa shape index (κ1) is 16.3. The number of benzene rings is 1. The molecule has 5 heteroatoms. The number of para-hydroxylation sites is 1. The van der Waals surface area contributed by atoms with Crippen LogP contribution in [0.5, 0.6) is 0 Å². The van der Waals surface area contributed by atoms with E-state index in [0.717, 1.165) is 28.8 Å². The third-order valence-electron chi connectivity index (χ3n) is 4.20. The first-order chi connectivity index (χ1) is 11.3. The van der Waals surface area contributed by atoms with Crippen molar-refractivity contribution in [2.75, 3.05) is 31.1 Å². The number of hydrogen-bond acceptors (Lipinski definition) is 4. The van der Waals surface area contributed by atoms with Crippen molar-refractivity contribution in [1.82, 2.24) is 15.2 Å². The van der Waals surface area contributed by atoms with Gasteiger partial charge in [-0.25, -0.2) is 0 Å². The smallest absolute Gasteiger partial charge is 0.230 e. The topological polar surface area (TPSA) is 45.2 Å². The molecule has 2 heterocycles.